The van der Waals surface area contributed by atoms with Gasteiger partial charge < -0.3 is 29.9 Å². The molecule has 0 aromatic rings. The van der Waals surface area contributed by atoms with Crippen LogP contribution in [0.3, 0.4) is 0 Å². The summed E-state index contributed by atoms with van der Waals surface area (Å²) in [6.07, 6.45) is -1.48. The third-order valence-corrected chi connectivity index (χ3v) is 5.09. The Bertz CT molecular complexity index is 558. The van der Waals surface area contributed by atoms with Crippen LogP contribution in [-0.4, -0.2) is 69.8 Å². The van der Waals surface area contributed by atoms with Crippen LogP contribution in [0.4, 0.5) is 9.59 Å². The molecule has 27 heavy (non-hydrogen) atoms. The molecule has 3 atom stereocenters. The van der Waals surface area contributed by atoms with Crippen LogP contribution in [0.2, 0.25) is 0 Å². The Labute approximate surface area is 161 Å². The predicted octanol–water partition coefficient (Wildman–Crippen LogP) is 2.02. The van der Waals surface area contributed by atoms with Gasteiger partial charge in [-0.25, -0.2) is 9.59 Å². The smallest absolute Gasteiger partial charge is 0.410 e. The quantitative estimate of drug-likeness (QED) is 0.636. The number of aliphatic hydroxyl groups is 2. The third kappa shape index (κ3) is 5.48. The maximum Gasteiger partial charge on any atom is 0.410 e. The Morgan fingerprint density at radius 2 is 1.52 bits per heavy atom. The first-order chi connectivity index (χ1) is 12.2. The second-order valence-corrected chi connectivity index (χ2v) is 9.72. The van der Waals surface area contributed by atoms with Crippen LogP contribution in [0.25, 0.3) is 0 Å². The van der Waals surface area contributed by atoms with E-state index in [2.05, 4.69) is 5.32 Å². The molecular weight excluding hydrogens is 352 g/mol. The molecule has 2 rings (SSSR count). The van der Waals surface area contributed by atoms with Gasteiger partial charge in [-0.3, -0.25) is 0 Å². The van der Waals surface area contributed by atoms with Crippen molar-refractivity contribution in [1.29, 1.82) is 0 Å². The number of piperidine rings is 1. The summed E-state index contributed by atoms with van der Waals surface area (Å²) < 4.78 is 10.7. The molecule has 0 aromatic carbocycles. The van der Waals surface area contributed by atoms with Crippen LogP contribution in [0.15, 0.2) is 0 Å². The average Bonchev–Trinajstić information content (AvgIpc) is 2.69. The molecule has 1 aliphatic carbocycles. The van der Waals surface area contributed by atoms with Gasteiger partial charge in [0.2, 0.25) is 0 Å². The van der Waals surface area contributed by atoms with Crippen LogP contribution in [-0.2, 0) is 9.47 Å². The second-order valence-electron chi connectivity index (χ2n) is 9.72. The summed E-state index contributed by atoms with van der Waals surface area (Å²) in [6, 6.07) is -0.622. The number of aliphatic hydroxyl groups excluding tert-OH is 2. The van der Waals surface area contributed by atoms with Crippen LogP contribution >= 0.6 is 0 Å². The van der Waals surface area contributed by atoms with E-state index in [0.717, 1.165) is 0 Å². The normalized spacial score (nSPS) is 28.1. The molecule has 1 saturated heterocycles. The number of likely N-dealkylation sites (tertiary alicyclic amines) is 1. The first kappa shape index (κ1) is 21.8. The lowest BCUT2D eigenvalue weighted by Gasteiger charge is -2.43. The summed E-state index contributed by atoms with van der Waals surface area (Å²) in [6.45, 7) is 11.6. The van der Waals surface area contributed by atoms with E-state index in [1.54, 1.807) is 25.7 Å². The van der Waals surface area contributed by atoms with Crippen molar-refractivity contribution in [2.24, 2.45) is 5.41 Å². The average molecular weight is 386 g/mol. The molecule has 8 heteroatoms. The van der Waals surface area contributed by atoms with E-state index < -0.39 is 41.0 Å². The van der Waals surface area contributed by atoms with Crippen molar-refractivity contribution in [3.63, 3.8) is 0 Å². The number of carbonyl (C=O) groups is 2. The van der Waals surface area contributed by atoms with Crippen LogP contribution < -0.4 is 5.32 Å². The summed E-state index contributed by atoms with van der Waals surface area (Å²) in [4.78, 5) is 26.1. The monoisotopic (exact) mass is 386 g/mol. The molecule has 2 fully saturated rings. The predicted molar refractivity (Wildman–Crippen MR) is 99.3 cm³/mol. The summed E-state index contributed by atoms with van der Waals surface area (Å²) in [7, 11) is 0. The Morgan fingerprint density at radius 1 is 1.00 bits per heavy atom. The van der Waals surface area contributed by atoms with Crippen LogP contribution in [0.5, 0.6) is 0 Å². The maximum atomic E-state index is 12.3. The van der Waals surface area contributed by atoms with E-state index in [4.69, 9.17) is 9.47 Å². The highest BCUT2D eigenvalue weighted by Crippen LogP contribution is 2.47. The van der Waals surface area contributed by atoms with Gasteiger partial charge in [-0.05, 0) is 66.2 Å². The number of rotatable bonds is 1. The lowest BCUT2D eigenvalue weighted by atomic mass is 9.73. The number of amides is 2. The fourth-order valence-electron chi connectivity index (χ4n) is 3.90. The zero-order valence-corrected chi connectivity index (χ0v) is 17.2. The zero-order valence-electron chi connectivity index (χ0n) is 17.2. The van der Waals surface area contributed by atoms with Gasteiger partial charge in [0, 0.05) is 13.1 Å². The van der Waals surface area contributed by atoms with E-state index in [-0.39, 0.29) is 6.09 Å². The van der Waals surface area contributed by atoms with Crippen LogP contribution in [0.1, 0.15) is 60.8 Å². The molecule has 1 heterocycles. The molecule has 3 unspecified atom stereocenters. The summed E-state index contributed by atoms with van der Waals surface area (Å²) >= 11 is 0. The molecule has 3 N–H and O–H groups in total. The summed E-state index contributed by atoms with van der Waals surface area (Å²) in [5, 5.41) is 23.4. The largest absolute Gasteiger partial charge is 0.444 e. The fourth-order valence-corrected chi connectivity index (χ4v) is 3.90. The molecule has 1 spiro atoms. The van der Waals surface area contributed by atoms with Crippen LogP contribution in [0, 0.1) is 5.41 Å². The topological polar surface area (TPSA) is 108 Å². The molecular formula is C19H34N2O6. The number of alkyl carbamates (subject to hydrolysis) is 1. The minimum absolute atomic E-state index is 0.368. The van der Waals surface area contributed by atoms with Crippen molar-refractivity contribution in [3.8, 4) is 0 Å². The molecule has 8 nitrogen and oxygen atoms in total. The molecule has 0 radical (unpaired) electrons. The van der Waals surface area contributed by atoms with Crippen molar-refractivity contribution in [2.45, 2.75) is 90.3 Å². The highest BCUT2D eigenvalue weighted by Gasteiger charge is 2.55. The van der Waals surface area contributed by atoms with Gasteiger partial charge in [0.05, 0.1) is 12.1 Å². The van der Waals surface area contributed by atoms with Gasteiger partial charge in [-0.15, -0.1) is 0 Å². The summed E-state index contributed by atoms with van der Waals surface area (Å²) in [5.41, 5.74) is -1.69. The molecule has 2 amide bonds. The lowest BCUT2D eigenvalue weighted by molar-refractivity contribution is -0.00278. The Kier molecular flexibility index (Phi) is 6.02. The van der Waals surface area contributed by atoms with Crippen molar-refractivity contribution < 1.29 is 29.3 Å². The summed E-state index contributed by atoms with van der Waals surface area (Å²) in [5.74, 6) is 0. The zero-order chi connectivity index (χ0) is 20.6. The minimum Gasteiger partial charge on any atom is -0.444 e. The molecule has 0 bridgehead atoms. The Balaban J connectivity index is 2.05. The SMILES string of the molecule is CC(C)(C)OC(=O)NC1C(O)C(O)CC12CCN(C(=O)OC(C)(C)C)CC2. The lowest BCUT2D eigenvalue weighted by Crippen LogP contribution is -2.55. The number of ether oxygens (including phenoxy) is 2. The van der Waals surface area contributed by atoms with Gasteiger partial charge in [0.25, 0.3) is 0 Å². The number of carbonyl (C=O) groups excluding carboxylic acids is 2. The van der Waals surface area contributed by atoms with E-state index in [0.29, 0.717) is 32.4 Å². The number of nitrogens with one attached hydrogen (secondary N) is 1. The molecule has 1 saturated carbocycles. The van der Waals surface area contributed by atoms with Gasteiger partial charge in [0.1, 0.15) is 17.3 Å². The second kappa shape index (κ2) is 7.47. The maximum absolute atomic E-state index is 12.3. The van der Waals surface area contributed by atoms with Gasteiger partial charge in [-0.1, -0.05) is 0 Å². The Hall–Kier alpha value is -1.54. The van der Waals surface area contributed by atoms with E-state index in [9.17, 15) is 19.8 Å². The highest BCUT2D eigenvalue weighted by atomic mass is 16.6. The third-order valence-electron chi connectivity index (χ3n) is 5.09. The van der Waals surface area contributed by atoms with Gasteiger partial charge in [0.15, 0.2) is 0 Å². The first-order valence-corrected chi connectivity index (χ1v) is 9.56. The Morgan fingerprint density at radius 3 is 2.00 bits per heavy atom. The minimum atomic E-state index is -1.06. The van der Waals surface area contributed by atoms with Crippen molar-refractivity contribution in [1.82, 2.24) is 10.2 Å². The van der Waals surface area contributed by atoms with Gasteiger partial charge >= 0.3 is 12.2 Å². The van der Waals surface area contributed by atoms with E-state index in [1.807, 2.05) is 20.8 Å². The first-order valence-electron chi connectivity index (χ1n) is 9.56. The van der Waals surface area contributed by atoms with Crippen molar-refractivity contribution in [3.05, 3.63) is 0 Å². The van der Waals surface area contributed by atoms with Gasteiger partial charge in [-0.2, -0.15) is 0 Å². The number of hydrogen-bond acceptors (Lipinski definition) is 6. The molecule has 156 valence electrons. The standard InChI is InChI=1S/C19H34N2O6/c1-17(2,3)26-15(24)20-14-13(23)12(22)11-19(14)7-9-21(10-8-19)16(25)27-18(4,5)6/h12-14,22-23H,7-11H2,1-6H3,(H,20,24). The fraction of sp³-hybridized carbons (Fsp3) is 0.895. The highest BCUT2D eigenvalue weighted by molar-refractivity contribution is 5.69. The number of nitrogens with zero attached hydrogens (tertiary/aromatic N) is 1. The van der Waals surface area contributed by atoms with E-state index in [1.165, 1.54) is 0 Å². The molecule has 2 aliphatic rings. The van der Waals surface area contributed by atoms with Crippen molar-refractivity contribution in [2.75, 3.05) is 13.1 Å². The van der Waals surface area contributed by atoms with Crippen molar-refractivity contribution >= 4 is 12.2 Å². The molecule has 0 aromatic heterocycles. The molecule has 1 aliphatic heterocycles. The van der Waals surface area contributed by atoms with E-state index >= 15 is 0 Å². The number of hydrogen-bond donors (Lipinski definition) is 3.